The number of benzene rings is 2. The third-order valence-electron chi connectivity index (χ3n) is 5.64. The molecule has 1 aromatic heterocycles. The second-order valence-electron chi connectivity index (χ2n) is 7.71. The van der Waals surface area contributed by atoms with Crippen molar-refractivity contribution in [2.45, 2.75) is 39.2 Å². The van der Waals surface area contributed by atoms with Crippen LogP contribution in [-0.2, 0) is 13.0 Å². The average Bonchev–Trinajstić information content (AvgIpc) is 2.98. The van der Waals surface area contributed by atoms with Gasteiger partial charge in [-0.25, -0.2) is 4.39 Å². The van der Waals surface area contributed by atoms with Crippen LogP contribution in [-0.4, -0.2) is 23.1 Å². The lowest BCUT2D eigenvalue weighted by Crippen LogP contribution is -2.26. The van der Waals surface area contributed by atoms with Crippen LogP contribution in [0.25, 0.3) is 22.7 Å². The predicted molar refractivity (Wildman–Crippen MR) is 117 cm³/mol. The number of halogens is 2. The molecule has 2 aromatic carbocycles. The Balaban J connectivity index is 1.89. The summed E-state index contributed by atoms with van der Waals surface area (Å²) in [5.74, 6) is -0.194. The molecule has 1 aliphatic heterocycles. The highest BCUT2D eigenvalue weighted by molar-refractivity contribution is 6.31. The first-order valence-electron chi connectivity index (χ1n) is 10.0. The fourth-order valence-electron chi connectivity index (χ4n) is 4.12. The Morgan fingerprint density at radius 1 is 1.18 bits per heavy atom. The van der Waals surface area contributed by atoms with Gasteiger partial charge in [-0.05, 0) is 66.9 Å². The van der Waals surface area contributed by atoms with Gasteiger partial charge in [0, 0.05) is 41.8 Å². The van der Waals surface area contributed by atoms with Gasteiger partial charge in [0.1, 0.15) is 5.82 Å². The van der Waals surface area contributed by atoms with E-state index in [2.05, 4.69) is 41.8 Å². The van der Waals surface area contributed by atoms with Crippen molar-refractivity contribution in [2.24, 2.45) is 0 Å². The predicted octanol–water partition coefficient (Wildman–Crippen LogP) is 6.61. The van der Waals surface area contributed by atoms with E-state index in [4.69, 9.17) is 11.6 Å². The molecule has 0 aliphatic carbocycles. The second kappa shape index (κ2) is 8.10. The van der Waals surface area contributed by atoms with Gasteiger partial charge in [0.05, 0.1) is 5.52 Å². The Labute approximate surface area is 171 Å². The maximum atomic E-state index is 13.4. The molecule has 2 heterocycles. The van der Waals surface area contributed by atoms with E-state index in [0.29, 0.717) is 0 Å². The number of aromatic nitrogens is 1. The van der Waals surface area contributed by atoms with Gasteiger partial charge in [-0.3, -0.25) is 0 Å². The van der Waals surface area contributed by atoms with Crippen LogP contribution in [0.3, 0.4) is 0 Å². The molecule has 28 heavy (non-hydrogen) atoms. The van der Waals surface area contributed by atoms with Crippen molar-refractivity contribution in [3.05, 3.63) is 70.1 Å². The number of nitrogens with zero attached hydrogens (tertiary/aromatic N) is 2. The van der Waals surface area contributed by atoms with E-state index in [1.807, 2.05) is 18.2 Å². The summed E-state index contributed by atoms with van der Waals surface area (Å²) >= 11 is 6.32. The third-order valence-corrected chi connectivity index (χ3v) is 5.88. The van der Waals surface area contributed by atoms with E-state index in [-0.39, 0.29) is 5.82 Å². The Morgan fingerprint density at radius 2 is 1.96 bits per heavy atom. The summed E-state index contributed by atoms with van der Waals surface area (Å²) in [6, 6.07) is 13.0. The summed E-state index contributed by atoms with van der Waals surface area (Å²) in [4.78, 5) is 2.36. The van der Waals surface area contributed by atoms with Gasteiger partial charge in [-0.15, -0.1) is 0 Å². The fourth-order valence-corrected chi connectivity index (χ4v) is 4.29. The van der Waals surface area contributed by atoms with E-state index >= 15 is 0 Å². The molecule has 0 spiro atoms. The quantitative estimate of drug-likeness (QED) is 0.471. The Bertz CT molecular complexity index is 1020. The molecule has 4 heteroatoms. The van der Waals surface area contributed by atoms with Crippen LogP contribution >= 0.6 is 11.6 Å². The van der Waals surface area contributed by atoms with E-state index in [0.717, 1.165) is 49.4 Å². The van der Waals surface area contributed by atoms with Gasteiger partial charge >= 0.3 is 0 Å². The highest BCUT2D eigenvalue weighted by atomic mass is 35.5. The van der Waals surface area contributed by atoms with Crippen molar-refractivity contribution in [1.29, 1.82) is 0 Å². The first-order valence-corrected chi connectivity index (χ1v) is 10.4. The zero-order valence-corrected chi connectivity index (χ0v) is 17.3. The summed E-state index contributed by atoms with van der Waals surface area (Å²) in [6.07, 6.45) is 6.50. The summed E-state index contributed by atoms with van der Waals surface area (Å²) in [5, 5.41) is 2.01. The van der Waals surface area contributed by atoms with Crippen LogP contribution in [0.15, 0.2) is 42.5 Å². The minimum atomic E-state index is -0.194. The number of rotatable bonds is 5. The zero-order chi connectivity index (χ0) is 19.7. The normalized spacial score (nSPS) is 15.2. The Morgan fingerprint density at radius 3 is 2.71 bits per heavy atom. The van der Waals surface area contributed by atoms with Crippen LogP contribution < -0.4 is 0 Å². The molecular formula is C24H26ClFN2. The first-order chi connectivity index (χ1) is 13.6. The largest absolute Gasteiger partial charge is 0.320 e. The molecule has 1 aliphatic rings. The van der Waals surface area contributed by atoms with Crippen LogP contribution in [0.1, 0.15) is 43.0 Å². The van der Waals surface area contributed by atoms with Crippen LogP contribution in [0.2, 0.25) is 5.02 Å². The average molecular weight is 397 g/mol. The van der Waals surface area contributed by atoms with Gasteiger partial charge in [0.2, 0.25) is 0 Å². The summed E-state index contributed by atoms with van der Waals surface area (Å²) in [7, 11) is 2.16. The number of unbranched alkanes of at least 4 members (excludes halogenated alkanes) is 1. The van der Waals surface area contributed by atoms with E-state index < -0.39 is 0 Å². The molecule has 0 amide bonds. The van der Waals surface area contributed by atoms with E-state index in [9.17, 15) is 4.39 Å². The number of hydrogen-bond acceptors (Lipinski definition) is 1. The van der Waals surface area contributed by atoms with E-state index in [1.165, 1.54) is 27.7 Å². The molecular weight excluding hydrogens is 371 g/mol. The zero-order valence-electron chi connectivity index (χ0n) is 16.5. The lowest BCUT2D eigenvalue weighted by molar-refractivity contribution is 0.312. The van der Waals surface area contributed by atoms with Crippen LogP contribution in [0.4, 0.5) is 4.39 Å². The number of fused-ring (bicyclic) bond motifs is 3. The Kier molecular flexibility index (Phi) is 5.56. The van der Waals surface area contributed by atoms with Crippen molar-refractivity contribution >= 4 is 34.3 Å². The minimum Gasteiger partial charge on any atom is -0.320 e. The smallest absolute Gasteiger partial charge is 0.123 e. The van der Waals surface area contributed by atoms with Gasteiger partial charge < -0.3 is 9.47 Å². The second-order valence-corrected chi connectivity index (χ2v) is 8.15. The van der Waals surface area contributed by atoms with Crippen molar-refractivity contribution in [3.63, 3.8) is 0 Å². The van der Waals surface area contributed by atoms with Gasteiger partial charge in [-0.1, -0.05) is 37.1 Å². The van der Waals surface area contributed by atoms with Crippen LogP contribution in [0, 0.1) is 5.82 Å². The minimum absolute atomic E-state index is 0.194. The molecule has 0 atom stereocenters. The molecule has 2 nitrogen and oxygen atoms in total. The lowest BCUT2D eigenvalue weighted by atomic mass is 10.0. The monoisotopic (exact) mass is 396 g/mol. The topological polar surface area (TPSA) is 8.17 Å². The molecule has 3 aromatic rings. The SMILES string of the molecule is CCCC/C(=C\n1c2c(c3cc(Cl)ccc31)CN(C)CC2)c1ccc(F)cc1. The third kappa shape index (κ3) is 3.74. The van der Waals surface area contributed by atoms with Gasteiger partial charge in [0.15, 0.2) is 0 Å². The van der Waals surface area contributed by atoms with Gasteiger partial charge in [-0.2, -0.15) is 0 Å². The maximum Gasteiger partial charge on any atom is 0.123 e. The highest BCUT2D eigenvalue weighted by Gasteiger charge is 2.22. The molecule has 0 fully saturated rings. The highest BCUT2D eigenvalue weighted by Crippen LogP contribution is 2.34. The van der Waals surface area contributed by atoms with Crippen molar-refractivity contribution < 1.29 is 4.39 Å². The molecule has 146 valence electrons. The molecule has 0 bridgehead atoms. The number of hydrogen-bond donors (Lipinski definition) is 0. The molecule has 4 rings (SSSR count). The van der Waals surface area contributed by atoms with Crippen molar-refractivity contribution in [3.8, 4) is 0 Å². The Hall–Kier alpha value is -2.10. The molecule has 0 radical (unpaired) electrons. The summed E-state index contributed by atoms with van der Waals surface area (Å²) < 4.78 is 15.8. The summed E-state index contributed by atoms with van der Waals surface area (Å²) in [5.41, 5.74) is 6.27. The summed E-state index contributed by atoms with van der Waals surface area (Å²) in [6.45, 7) is 4.19. The first kappa shape index (κ1) is 19.2. The number of likely N-dealkylation sites (N-methyl/N-ethyl adjacent to an activating group) is 1. The lowest BCUT2D eigenvalue weighted by Gasteiger charge is -2.24. The fraction of sp³-hybridized carbons (Fsp3) is 0.333. The standard InChI is InChI=1S/C24H26ClFN2/c1-3-4-5-18(17-6-9-20(26)10-7-17)15-28-23-11-8-19(25)14-21(23)22-16-27(2)13-12-24(22)28/h6-11,14-15H,3-5,12-13,16H2,1-2H3/b18-15+. The van der Waals surface area contributed by atoms with Crippen LogP contribution in [0.5, 0.6) is 0 Å². The van der Waals surface area contributed by atoms with Crippen molar-refractivity contribution in [1.82, 2.24) is 9.47 Å². The number of allylic oxidation sites excluding steroid dienone is 1. The van der Waals surface area contributed by atoms with Crippen molar-refractivity contribution in [2.75, 3.05) is 13.6 Å². The van der Waals surface area contributed by atoms with Gasteiger partial charge in [0.25, 0.3) is 0 Å². The molecule has 0 N–H and O–H groups in total. The maximum absolute atomic E-state index is 13.4. The van der Waals surface area contributed by atoms with E-state index in [1.54, 1.807) is 12.1 Å². The molecule has 0 unspecified atom stereocenters. The molecule has 0 saturated carbocycles. The molecule has 0 saturated heterocycles.